The molecule has 3 N–H and O–H groups in total. The lowest BCUT2D eigenvalue weighted by molar-refractivity contribution is 0.0343. The first-order valence-electron chi connectivity index (χ1n) is 4.38. The molecule has 0 saturated carbocycles. The lowest BCUT2D eigenvalue weighted by Gasteiger charge is -2.15. The second-order valence-electron chi connectivity index (χ2n) is 3.08. The molecule has 1 aromatic rings. The van der Waals surface area contributed by atoms with Crippen molar-refractivity contribution in [3.63, 3.8) is 0 Å². The molecule has 0 heterocycles. The van der Waals surface area contributed by atoms with Crippen LogP contribution in [0.25, 0.3) is 0 Å². The fraction of sp³-hybridized carbons (Fsp3) is 0.300. The predicted molar refractivity (Wildman–Crippen MR) is 60.6 cm³/mol. The Kier molecular flexibility index (Phi) is 4.74. The Balaban J connectivity index is 2.89. The Labute approximate surface area is 96.0 Å². The Hall–Kier alpha value is -0.910. The van der Waals surface area contributed by atoms with Crippen molar-refractivity contribution in [1.82, 2.24) is 0 Å². The zero-order valence-corrected chi connectivity index (χ0v) is 9.50. The Morgan fingerprint density at radius 1 is 1.40 bits per heavy atom. The van der Waals surface area contributed by atoms with Crippen molar-refractivity contribution in [2.45, 2.75) is 12.2 Å². The summed E-state index contributed by atoms with van der Waals surface area (Å²) in [7, 11) is 0. The van der Waals surface area contributed by atoms with Gasteiger partial charge in [-0.3, -0.25) is 0 Å². The van der Waals surface area contributed by atoms with Gasteiger partial charge in [-0.05, 0) is 17.2 Å². The summed E-state index contributed by atoms with van der Waals surface area (Å²) < 4.78 is 0. The van der Waals surface area contributed by atoms with Crippen LogP contribution in [-0.2, 0) is 0 Å². The molecule has 0 saturated heterocycles. The van der Waals surface area contributed by atoms with Gasteiger partial charge in [-0.15, -0.1) is 0 Å². The first kappa shape index (κ1) is 12.2. The van der Waals surface area contributed by atoms with E-state index in [0.29, 0.717) is 16.5 Å². The molecule has 0 amide bonds. The average Bonchev–Trinajstić information content (AvgIpc) is 2.28. The molecule has 1 aromatic carbocycles. The molecule has 0 bridgehead atoms. The van der Waals surface area contributed by atoms with Crippen LogP contribution in [0, 0.1) is 0 Å². The van der Waals surface area contributed by atoms with E-state index in [1.807, 2.05) is 0 Å². The van der Waals surface area contributed by atoms with Crippen LogP contribution in [0.2, 0.25) is 0 Å². The molecule has 0 aliphatic rings. The number of benzene rings is 1. The molecule has 4 nitrogen and oxygen atoms in total. The molecule has 82 valence electrons. The third-order valence-electron chi connectivity index (χ3n) is 1.98. The first-order valence-corrected chi connectivity index (χ1v) is 5.50. The van der Waals surface area contributed by atoms with Gasteiger partial charge in [0, 0.05) is 5.33 Å². The highest BCUT2D eigenvalue weighted by Crippen LogP contribution is 2.18. The van der Waals surface area contributed by atoms with Gasteiger partial charge >= 0.3 is 0 Å². The van der Waals surface area contributed by atoms with Crippen molar-refractivity contribution in [3.8, 4) is 0 Å². The minimum Gasteiger partial charge on any atom is -0.411 e. The van der Waals surface area contributed by atoms with Crippen molar-refractivity contribution in [2.24, 2.45) is 5.16 Å². The number of oxime groups is 1. The Bertz CT molecular complexity index is 343. The van der Waals surface area contributed by atoms with Gasteiger partial charge in [-0.1, -0.05) is 39.3 Å². The summed E-state index contributed by atoms with van der Waals surface area (Å²) >= 11 is 3.09. The van der Waals surface area contributed by atoms with Crippen molar-refractivity contribution < 1.29 is 15.4 Å². The second kappa shape index (κ2) is 5.85. The maximum atomic E-state index is 9.69. The monoisotopic (exact) mass is 273 g/mol. The van der Waals surface area contributed by atoms with E-state index >= 15 is 0 Å². The third kappa shape index (κ3) is 3.30. The molecule has 5 heteroatoms. The molecule has 0 aromatic heterocycles. The molecule has 1 rings (SSSR count). The quantitative estimate of drug-likeness (QED) is 0.335. The molecule has 0 radical (unpaired) electrons. The van der Waals surface area contributed by atoms with Gasteiger partial charge in [0.25, 0.3) is 0 Å². The molecule has 0 spiro atoms. The molecule has 0 aliphatic carbocycles. The number of aliphatic hydroxyl groups excluding tert-OH is 2. The number of hydrogen-bond donors (Lipinski definition) is 3. The van der Waals surface area contributed by atoms with Crippen LogP contribution in [0.4, 0.5) is 0 Å². The SMILES string of the molecule is ON=Cc1cccc(C(O)C(O)CBr)c1. The number of rotatable bonds is 4. The largest absolute Gasteiger partial charge is 0.411 e. The van der Waals surface area contributed by atoms with Crippen LogP contribution in [0.3, 0.4) is 0 Å². The normalized spacial score (nSPS) is 15.4. The molecule has 2 atom stereocenters. The number of nitrogens with zero attached hydrogens (tertiary/aromatic N) is 1. The molecular formula is C10H12BrNO3. The lowest BCUT2D eigenvalue weighted by atomic mass is 10.0. The maximum absolute atomic E-state index is 9.69. The highest BCUT2D eigenvalue weighted by Gasteiger charge is 2.16. The second-order valence-corrected chi connectivity index (χ2v) is 3.73. The van der Waals surface area contributed by atoms with E-state index in [9.17, 15) is 10.2 Å². The van der Waals surface area contributed by atoms with Crippen molar-refractivity contribution in [1.29, 1.82) is 0 Å². The topological polar surface area (TPSA) is 73.1 Å². The third-order valence-corrected chi connectivity index (χ3v) is 2.64. The summed E-state index contributed by atoms with van der Waals surface area (Å²) in [6.45, 7) is 0. The van der Waals surface area contributed by atoms with E-state index in [0.717, 1.165) is 0 Å². The van der Waals surface area contributed by atoms with Gasteiger partial charge in [0.15, 0.2) is 0 Å². The van der Waals surface area contributed by atoms with E-state index in [1.165, 1.54) is 6.21 Å². The van der Waals surface area contributed by atoms with Gasteiger partial charge in [0.1, 0.15) is 6.10 Å². The predicted octanol–water partition coefficient (Wildman–Crippen LogP) is 1.28. The molecule has 0 fully saturated rings. The van der Waals surface area contributed by atoms with E-state index in [2.05, 4.69) is 21.1 Å². The van der Waals surface area contributed by atoms with Crippen LogP contribution < -0.4 is 0 Å². The molecule has 0 aliphatic heterocycles. The fourth-order valence-corrected chi connectivity index (χ4v) is 1.55. The number of aliphatic hydroxyl groups is 2. The van der Waals surface area contributed by atoms with Crippen LogP contribution in [0.1, 0.15) is 17.2 Å². The fourth-order valence-electron chi connectivity index (χ4n) is 1.20. The summed E-state index contributed by atoms with van der Waals surface area (Å²) in [5.74, 6) is 0. The van der Waals surface area contributed by atoms with E-state index in [-0.39, 0.29) is 0 Å². The lowest BCUT2D eigenvalue weighted by Crippen LogP contribution is -2.19. The summed E-state index contributed by atoms with van der Waals surface area (Å²) in [6.07, 6.45) is -0.542. The summed E-state index contributed by atoms with van der Waals surface area (Å²) in [5.41, 5.74) is 1.25. The number of halogens is 1. The van der Waals surface area contributed by atoms with Crippen LogP contribution in [0.15, 0.2) is 29.4 Å². The van der Waals surface area contributed by atoms with Gasteiger partial charge in [-0.25, -0.2) is 0 Å². The minimum atomic E-state index is -0.948. The summed E-state index contributed by atoms with van der Waals surface area (Å²) in [6, 6.07) is 6.80. The van der Waals surface area contributed by atoms with Gasteiger partial charge in [-0.2, -0.15) is 0 Å². The molecule has 2 unspecified atom stereocenters. The average molecular weight is 274 g/mol. The Morgan fingerprint density at radius 3 is 2.73 bits per heavy atom. The standard InChI is InChI=1S/C10H12BrNO3/c11-5-9(13)10(14)8-3-1-2-7(4-8)6-12-15/h1-4,6,9-10,13-15H,5H2. The van der Waals surface area contributed by atoms with Crippen molar-refractivity contribution in [3.05, 3.63) is 35.4 Å². The Morgan fingerprint density at radius 2 is 2.13 bits per heavy atom. The van der Waals surface area contributed by atoms with Crippen molar-refractivity contribution >= 4 is 22.1 Å². The van der Waals surface area contributed by atoms with Gasteiger partial charge < -0.3 is 15.4 Å². The zero-order valence-electron chi connectivity index (χ0n) is 7.92. The number of alkyl halides is 1. The van der Waals surface area contributed by atoms with Crippen LogP contribution >= 0.6 is 15.9 Å². The molecule has 15 heavy (non-hydrogen) atoms. The van der Waals surface area contributed by atoms with E-state index in [4.69, 9.17) is 5.21 Å². The minimum absolute atomic E-state index is 0.298. The number of hydrogen-bond acceptors (Lipinski definition) is 4. The summed E-state index contributed by atoms with van der Waals surface area (Å²) in [5, 5.41) is 30.7. The van der Waals surface area contributed by atoms with Gasteiger partial charge in [0.05, 0.1) is 12.3 Å². The smallest absolute Gasteiger partial charge is 0.106 e. The highest BCUT2D eigenvalue weighted by molar-refractivity contribution is 9.09. The van der Waals surface area contributed by atoms with Crippen LogP contribution in [-0.4, -0.2) is 33.1 Å². The maximum Gasteiger partial charge on any atom is 0.106 e. The first-order chi connectivity index (χ1) is 7.19. The van der Waals surface area contributed by atoms with Crippen LogP contribution in [0.5, 0.6) is 0 Å². The van der Waals surface area contributed by atoms with Crippen molar-refractivity contribution in [2.75, 3.05) is 5.33 Å². The van der Waals surface area contributed by atoms with E-state index < -0.39 is 12.2 Å². The van der Waals surface area contributed by atoms with Gasteiger partial charge in [0.2, 0.25) is 0 Å². The molecular weight excluding hydrogens is 262 g/mol. The zero-order chi connectivity index (χ0) is 11.3. The summed E-state index contributed by atoms with van der Waals surface area (Å²) in [4.78, 5) is 0. The highest BCUT2D eigenvalue weighted by atomic mass is 79.9. The van der Waals surface area contributed by atoms with E-state index in [1.54, 1.807) is 24.3 Å².